The topological polar surface area (TPSA) is 33.3 Å². The summed E-state index contributed by atoms with van der Waals surface area (Å²) in [7, 11) is 1.77. The maximum Gasteiger partial charge on any atom is 0.0499 e. The summed E-state index contributed by atoms with van der Waals surface area (Å²) in [4.78, 5) is 0. The second-order valence-electron chi connectivity index (χ2n) is 4.43. The van der Waals surface area contributed by atoms with Crippen LogP contribution in [-0.4, -0.2) is 39.9 Å². The van der Waals surface area contributed by atoms with Gasteiger partial charge in [-0.2, -0.15) is 0 Å². The molecule has 1 fully saturated rings. The van der Waals surface area contributed by atoms with Gasteiger partial charge in [0.25, 0.3) is 0 Å². The molecule has 0 bridgehead atoms. The molecule has 0 aromatic rings. The lowest BCUT2D eigenvalue weighted by Crippen LogP contribution is -2.37. The molecule has 0 spiro atoms. The minimum Gasteiger partial charge on any atom is -0.384 e. The van der Waals surface area contributed by atoms with Crippen LogP contribution in [0.1, 0.15) is 19.8 Å². The maximum absolute atomic E-state index is 5.09. The third kappa shape index (κ3) is 4.94. The van der Waals surface area contributed by atoms with Crippen LogP contribution in [0.5, 0.6) is 0 Å². The van der Waals surface area contributed by atoms with E-state index in [0.29, 0.717) is 5.92 Å². The van der Waals surface area contributed by atoms with Crippen molar-refractivity contribution in [3.8, 4) is 0 Å². The molecule has 0 aliphatic carbocycles. The van der Waals surface area contributed by atoms with Crippen molar-refractivity contribution in [3.63, 3.8) is 0 Å². The normalized spacial score (nSPS) is 24.9. The first-order valence-electron chi connectivity index (χ1n) is 5.73. The lowest BCUT2D eigenvalue weighted by molar-refractivity contribution is 0.157. The fraction of sp³-hybridized carbons (Fsp3) is 1.00. The minimum atomic E-state index is 0.622. The van der Waals surface area contributed by atoms with Gasteiger partial charge in [0.15, 0.2) is 0 Å². The molecule has 1 rings (SSSR count). The number of nitrogens with one attached hydrogen (secondary N) is 2. The number of piperidine rings is 1. The molecule has 0 aromatic heterocycles. The number of hydrogen-bond donors (Lipinski definition) is 2. The molecule has 1 aliphatic rings. The highest BCUT2D eigenvalue weighted by atomic mass is 16.5. The molecule has 14 heavy (non-hydrogen) atoms. The lowest BCUT2D eigenvalue weighted by Gasteiger charge is -2.23. The van der Waals surface area contributed by atoms with E-state index in [1.165, 1.54) is 25.9 Å². The molecular weight excluding hydrogens is 176 g/mol. The molecule has 2 atom stereocenters. The highest BCUT2D eigenvalue weighted by Crippen LogP contribution is 2.08. The zero-order chi connectivity index (χ0) is 10.2. The van der Waals surface area contributed by atoms with Crippen molar-refractivity contribution in [2.45, 2.75) is 19.8 Å². The summed E-state index contributed by atoms with van der Waals surface area (Å²) in [5, 5.41) is 6.95. The van der Waals surface area contributed by atoms with E-state index in [9.17, 15) is 0 Å². The van der Waals surface area contributed by atoms with Gasteiger partial charge in [0.2, 0.25) is 0 Å². The fourth-order valence-electron chi connectivity index (χ4n) is 1.98. The van der Waals surface area contributed by atoms with Gasteiger partial charge in [0, 0.05) is 13.7 Å². The summed E-state index contributed by atoms with van der Waals surface area (Å²) in [6, 6.07) is 0. The van der Waals surface area contributed by atoms with Gasteiger partial charge >= 0.3 is 0 Å². The van der Waals surface area contributed by atoms with Crippen molar-refractivity contribution in [1.29, 1.82) is 0 Å². The largest absolute Gasteiger partial charge is 0.384 e. The van der Waals surface area contributed by atoms with Gasteiger partial charge in [0.05, 0.1) is 0 Å². The van der Waals surface area contributed by atoms with Gasteiger partial charge in [-0.1, -0.05) is 6.92 Å². The highest BCUT2D eigenvalue weighted by Gasteiger charge is 2.12. The Hall–Kier alpha value is -0.120. The quantitative estimate of drug-likeness (QED) is 0.667. The van der Waals surface area contributed by atoms with Crippen LogP contribution in [0.4, 0.5) is 0 Å². The molecule has 3 nitrogen and oxygen atoms in total. The van der Waals surface area contributed by atoms with Crippen LogP contribution < -0.4 is 10.6 Å². The van der Waals surface area contributed by atoms with Crippen molar-refractivity contribution in [3.05, 3.63) is 0 Å². The molecule has 1 saturated heterocycles. The molecule has 0 amide bonds. The van der Waals surface area contributed by atoms with Crippen LogP contribution in [0.25, 0.3) is 0 Å². The van der Waals surface area contributed by atoms with Gasteiger partial charge in [0.1, 0.15) is 0 Å². The smallest absolute Gasteiger partial charge is 0.0499 e. The molecule has 2 N–H and O–H groups in total. The Labute approximate surface area is 87.6 Å². The van der Waals surface area contributed by atoms with E-state index in [0.717, 1.165) is 25.6 Å². The van der Waals surface area contributed by atoms with Crippen LogP contribution in [0.3, 0.4) is 0 Å². The Kier molecular flexibility index (Phi) is 6.15. The zero-order valence-electron chi connectivity index (χ0n) is 9.51. The molecule has 0 saturated carbocycles. The molecule has 0 aromatic carbocycles. The van der Waals surface area contributed by atoms with Crippen molar-refractivity contribution in [1.82, 2.24) is 10.6 Å². The second kappa shape index (κ2) is 7.21. The van der Waals surface area contributed by atoms with E-state index in [1.807, 2.05) is 0 Å². The molecule has 1 aliphatic heterocycles. The summed E-state index contributed by atoms with van der Waals surface area (Å²) in [6.07, 6.45) is 2.71. The van der Waals surface area contributed by atoms with Gasteiger partial charge in [-0.15, -0.1) is 0 Å². The summed E-state index contributed by atoms with van der Waals surface area (Å²) in [5.41, 5.74) is 0. The van der Waals surface area contributed by atoms with E-state index in [-0.39, 0.29) is 0 Å². The van der Waals surface area contributed by atoms with E-state index < -0.39 is 0 Å². The van der Waals surface area contributed by atoms with E-state index in [1.54, 1.807) is 7.11 Å². The third-order valence-corrected chi connectivity index (χ3v) is 2.78. The van der Waals surface area contributed by atoms with Crippen LogP contribution in [0.15, 0.2) is 0 Å². The van der Waals surface area contributed by atoms with E-state index in [2.05, 4.69) is 17.6 Å². The van der Waals surface area contributed by atoms with Crippen LogP contribution >= 0.6 is 0 Å². The Morgan fingerprint density at radius 3 is 3.07 bits per heavy atom. The van der Waals surface area contributed by atoms with Crippen molar-refractivity contribution in [2.75, 3.05) is 39.9 Å². The lowest BCUT2D eigenvalue weighted by atomic mass is 9.99. The first-order valence-corrected chi connectivity index (χ1v) is 5.73. The molecule has 2 unspecified atom stereocenters. The number of hydrogen-bond acceptors (Lipinski definition) is 3. The Morgan fingerprint density at radius 2 is 2.43 bits per heavy atom. The predicted octanol–water partition coefficient (Wildman–Crippen LogP) is 0.858. The summed E-state index contributed by atoms with van der Waals surface area (Å²) >= 11 is 0. The number of ether oxygens (including phenoxy) is 1. The molecule has 3 heteroatoms. The van der Waals surface area contributed by atoms with Crippen LogP contribution in [0, 0.1) is 11.8 Å². The van der Waals surface area contributed by atoms with Crippen LogP contribution in [0.2, 0.25) is 0 Å². The van der Waals surface area contributed by atoms with E-state index >= 15 is 0 Å². The zero-order valence-corrected chi connectivity index (χ0v) is 9.51. The SMILES string of the molecule is COCC(C)CNCC1CCCNC1. The Morgan fingerprint density at radius 1 is 1.57 bits per heavy atom. The van der Waals surface area contributed by atoms with Gasteiger partial charge < -0.3 is 15.4 Å². The monoisotopic (exact) mass is 200 g/mol. The standard InChI is InChI=1S/C11H24N2O/c1-10(9-14-2)6-13-8-11-4-3-5-12-7-11/h10-13H,3-9H2,1-2H3. The molecular formula is C11H24N2O. The average Bonchev–Trinajstić information content (AvgIpc) is 2.20. The van der Waals surface area contributed by atoms with Crippen molar-refractivity contribution >= 4 is 0 Å². The summed E-state index contributed by atoms with van der Waals surface area (Å²) in [5.74, 6) is 1.45. The van der Waals surface area contributed by atoms with Crippen LogP contribution in [-0.2, 0) is 4.74 Å². The van der Waals surface area contributed by atoms with Crippen molar-refractivity contribution < 1.29 is 4.74 Å². The summed E-state index contributed by atoms with van der Waals surface area (Å²) < 4.78 is 5.09. The second-order valence-corrected chi connectivity index (χ2v) is 4.43. The first kappa shape index (κ1) is 12.0. The average molecular weight is 200 g/mol. The van der Waals surface area contributed by atoms with Crippen molar-refractivity contribution in [2.24, 2.45) is 11.8 Å². The van der Waals surface area contributed by atoms with Gasteiger partial charge in [-0.25, -0.2) is 0 Å². The predicted molar refractivity (Wildman–Crippen MR) is 59.5 cm³/mol. The fourth-order valence-corrected chi connectivity index (χ4v) is 1.98. The number of methoxy groups -OCH3 is 1. The molecule has 0 radical (unpaired) electrons. The molecule has 84 valence electrons. The number of rotatable bonds is 6. The first-order chi connectivity index (χ1) is 6.83. The summed E-state index contributed by atoms with van der Waals surface area (Å²) in [6.45, 7) is 7.69. The van der Waals surface area contributed by atoms with E-state index in [4.69, 9.17) is 4.74 Å². The van der Waals surface area contributed by atoms with Gasteiger partial charge in [-0.05, 0) is 50.9 Å². The minimum absolute atomic E-state index is 0.622. The van der Waals surface area contributed by atoms with Gasteiger partial charge in [-0.3, -0.25) is 0 Å². The Balaban J connectivity index is 1.96. The molecule has 1 heterocycles. The third-order valence-electron chi connectivity index (χ3n) is 2.78. The highest BCUT2D eigenvalue weighted by molar-refractivity contribution is 4.71. The maximum atomic E-state index is 5.09. The Bertz CT molecular complexity index is 135.